The maximum absolute atomic E-state index is 11.5. The van der Waals surface area contributed by atoms with Gasteiger partial charge in [0.1, 0.15) is 17.5 Å². The zero-order valence-corrected chi connectivity index (χ0v) is 12.0. The average Bonchev–Trinajstić information content (AvgIpc) is 2.95. The highest BCUT2D eigenvalue weighted by atomic mass is 16.6. The number of rotatable bonds is 4. The van der Waals surface area contributed by atoms with Gasteiger partial charge in [-0.2, -0.15) is 0 Å². The molecule has 1 heterocycles. The van der Waals surface area contributed by atoms with E-state index < -0.39 is 16.9 Å². The summed E-state index contributed by atoms with van der Waals surface area (Å²) in [5.41, 5.74) is 0.869. The van der Waals surface area contributed by atoms with Crippen LogP contribution in [0.25, 0.3) is 0 Å². The number of carboxylic acids is 1. The topological polar surface area (TPSA) is 102 Å². The SMILES string of the molecule is CCOc1cc2c(c([N+](=O)[O-])c1)N[C@@H](C(=O)O)[C@H]1CC=C[C@H]21. The minimum atomic E-state index is -0.993. The normalized spacial score (nSPS) is 25.0. The molecule has 0 bridgehead atoms. The Balaban J connectivity index is 2.16. The number of nitrogens with zero attached hydrogens (tertiary/aromatic N) is 1. The molecule has 3 rings (SSSR count). The van der Waals surface area contributed by atoms with Crippen LogP contribution >= 0.6 is 0 Å². The van der Waals surface area contributed by atoms with E-state index in [4.69, 9.17) is 4.74 Å². The molecule has 0 saturated carbocycles. The maximum Gasteiger partial charge on any atom is 0.326 e. The number of benzene rings is 1. The molecule has 2 N–H and O–H groups in total. The highest BCUT2D eigenvalue weighted by Gasteiger charge is 2.43. The molecule has 0 aromatic heterocycles. The molecule has 7 nitrogen and oxygen atoms in total. The lowest BCUT2D eigenvalue weighted by Crippen LogP contribution is -2.42. The maximum atomic E-state index is 11.5. The third kappa shape index (κ3) is 2.18. The Labute approximate surface area is 126 Å². The van der Waals surface area contributed by atoms with Crippen molar-refractivity contribution < 1.29 is 19.6 Å². The number of carboxylic acid groups (broad SMARTS) is 1. The molecule has 1 aliphatic carbocycles. The van der Waals surface area contributed by atoms with Gasteiger partial charge in [-0.15, -0.1) is 0 Å². The van der Waals surface area contributed by atoms with Gasteiger partial charge in [-0.25, -0.2) is 4.79 Å². The average molecular weight is 304 g/mol. The molecule has 1 aromatic rings. The quantitative estimate of drug-likeness (QED) is 0.503. The number of hydrogen-bond acceptors (Lipinski definition) is 5. The summed E-state index contributed by atoms with van der Waals surface area (Å²) in [5.74, 6) is -0.840. The summed E-state index contributed by atoms with van der Waals surface area (Å²) < 4.78 is 5.41. The summed E-state index contributed by atoms with van der Waals surface area (Å²) in [4.78, 5) is 22.3. The lowest BCUT2D eigenvalue weighted by Gasteiger charge is -2.34. The number of aliphatic carboxylic acids is 1. The van der Waals surface area contributed by atoms with Crippen molar-refractivity contribution in [2.24, 2.45) is 5.92 Å². The minimum absolute atomic E-state index is 0.138. The van der Waals surface area contributed by atoms with Crippen LogP contribution in [0.3, 0.4) is 0 Å². The van der Waals surface area contributed by atoms with E-state index in [9.17, 15) is 20.0 Å². The summed E-state index contributed by atoms with van der Waals surface area (Å²) in [6.45, 7) is 2.22. The van der Waals surface area contributed by atoms with E-state index in [1.807, 2.05) is 19.1 Å². The van der Waals surface area contributed by atoms with Crippen molar-refractivity contribution in [1.82, 2.24) is 0 Å². The molecule has 0 fully saturated rings. The molecular weight excluding hydrogens is 288 g/mol. The van der Waals surface area contributed by atoms with Crippen molar-refractivity contribution in [2.75, 3.05) is 11.9 Å². The number of hydrogen-bond donors (Lipinski definition) is 2. The van der Waals surface area contributed by atoms with E-state index in [0.717, 1.165) is 5.56 Å². The molecule has 0 spiro atoms. The van der Waals surface area contributed by atoms with E-state index in [-0.39, 0.29) is 23.2 Å². The van der Waals surface area contributed by atoms with Crippen LogP contribution in [-0.4, -0.2) is 28.6 Å². The summed E-state index contributed by atoms with van der Waals surface area (Å²) in [5, 5.41) is 23.6. The third-order valence-electron chi connectivity index (χ3n) is 4.20. The monoisotopic (exact) mass is 304 g/mol. The highest BCUT2D eigenvalue weighted by molar-refractivity contribution is 5.83. The van der Waals surface area contributed by atoms with Gasteiger partial charge in [0, 0.05) is 11.8 Å². The van der Waals surface area contributed by atoms with Gasteiger partial charge in [0.2, 0.25) is 0 Å². The summed E-state index contributed by atoms with van der Waals surface area (Å²) in [7, 11) is 0. The smallest absolute Gasteiger partial charge is 0.326 e. The number of carbonyl (C=O) groups is 1. The fourth-order valence-corrected chi connectivity index (χ4v) is 3.29. The van der Waals surface area contributed by atoms with Crippen molar-refractivity contribution in [3.63, 3.8) is 0 Å². The van der Waals surface area contributed by atoms with Gasteiger partial charge in [-0.3, -0.25) is 10.1 Å². The zero-order chi connectivity index (χ0) is 15.9. The van der Waals surface area contributed by atoms with E-state index in [0.29, 0.717) is 18.8 Å². The lowest BCUT2D eigenvalue weighted by molar-refractivity contribution is -0.384. The highest BCUT2D eigenvalue weighted by Crippen LogP contribution is 2.49. The van der Waals surface area contributed by atoms with Gasteiger partial charge in [-0.1, -0.05) is 12.2 Å². The molecule has 1 aliphatic heterocycles. The number of anilines is 1. The summed E-state index contributed by atoms with van der Waals surface area (Å²) >= 11 is 0. The van der Waals surface area contributed by atoms with Gasteiger partial charge >= 0.3 is 5.97 Å². The van der Waals surface area contributed by atoms with Crippen molar-refractivity contribution in [3.8, 4) is 5.75 Å². The van der Waals surface area contributed by atoms with Gasteiger partial charge < -0.3 is 15.2 Å². The first-order valence-corrected chi connectivity index (χ1v) is 7.14. The van der Waals surface area contributed by atoms with Crippen LogP contribution in [0, 0.1) is 16.0 Å². The van der Waals surface area contributed by atoms with Crippen molar-refractivity contribution >= 4 is 17.3 Å². The Bertz CT molecular complexity index is 670. The molecule has 3 atom stereocenters. The number of ether oxygens (including phenoxy) is 1. The van der Waals surface area contributed by atoms with Crippen LogP contribution < -0.4 is 10.1 Å². The van der Waals surface area contributed by atoms with Gasteiger partial charge in [0.15, 0.2) is 0 Å². The van der Waals surface area contributed by atoms with Crippen LogP contribution in [0.5, 0.6) is 5.75 Å². The van der Waals surface area contributed by atoms with Crippen molar-refractivity contribution in [1.29, 1.82) is 0 Å². The lowest BCUT2D eigenvalue weighted by atomic mass is 9.79. The Hall–Kier alpha value is -2.57. The number of nitro groups is 1. The second-order valence-electron chi connectivity index (χ2n) is 5.41. The molecule has 0 saturated heterocycles. The van der Waals surface area contributed by atoms with E-state index >= 15 is 0 Å². The third-order valence-corrected chi connectivity index (χ3v) is 4.20. The molecule has 22 heavy (non-hydrogen) atoms. The van der Waals surface area contributed by atoms with Gasteiger partial charge in [0.05, 0.1) is 17.6 Å². The predicted molar refractivity (Wildman–Crippen MR) is 79.3 cm³/mol. The fourth-order valence-electron chi connectivity index (χ4n) is 3.29. The van der Waals surface area contributed by atoms with E-state index in [1.165, 1.54) is 6.07 Å². The number of allylic oxidation sites excluding steroid dienone is 2. The molecular formula is C15H16N2O5. The Morgan fingerprint density at radius 3 is 2.95 bits per heavy atom. The number of fused-ring (bicyclic) bond motifs is 3. The Morgan fingerprint density at radius 1 is 1.55 bits per heavy atom. The second kappa shape index (κ2) is 5.32. The molecule has 1 aromatic carbocycles. The summed E-state index contributed by atoms with van der Waals surface area (Å²) in [6, 6.07) is 2.28. The van der Waals surface area contributed by atoms with Crippen molar-refractivity contribution in [3.05, 3.63) is 40.0 Å². The predicted octanol–water partition coefficient (Wildman–Crippen LogP) is 2.53. The van der Waals surface area contributed by atoms with Gasteiger partial charge in [0.25, 0.3) is 5.69 Å². The van der Waals surface area contributed by atoms with E-state index in [2.05, 4.69) is 5.32 Å². The first kappa shape index (κ1) is 14.4. The fraction of sp³-hybridized carbons (Fsp3) is 0.400. The van der Waals surface area contributed by atoms with Crippen LogP contribution in [0.15, 0.2) is 24.3 Å². The standard InChI is InChI=1S/C15H16N2O5/c1-2-22-8-6-11-9-4-3-5-10(9)14(15(18)19)16-13(11)12(7-8)17(20)21/h3-4,6-7,9-10,14,16H,2,5H2,1H3,(H,18,19)/t9-,10-,14+/m0/s1. The van der Waals surface area contributed by atoms with Crippen LogP contribution in [0.4, 0.5) is 11.4 Å². The van der Waals surface area contributed by atoms with Gasteiger partial charge in [-0.05, 0) is 25.0 Å². The minimum Gasteiger partial charge on any atom is -0.494 e. The molecule has 0 radical (unpaired) electrons. The first-order chi connectivity index (χ1) is 10.5. The van der Waals surface area contributed by atoms with Crippen LogP contribution in [-0.2, 0) is 4.79 Å². The van der Waals surface area contributed by atoms with Crippen LogP contribution in [0.2, 0.25) is 0 Å². The van der Waals surface area contributed by atoms with E-state index in [1.54, 1.807) is 6.07 Å². The van der Waals surface area contributed by atoms with Crippen LogP contribution in [0.1, 0.15) is 24.8 Å². The zero-order valence-electron chi connectivity index (χ0n) is 12.0. The molecule has 116 valence electrons. The second-order valence-corrected chi connectivity index (χ2v) is 5.41. The Kier molecular flexibility index (Phi) is 3.48. The number of nitrogens with one attached hydrogen (secondary N) is 1. The summed E-state index contributed by atoms with van der Waals surface area (Å²) in [6.07, 6.45) is 4.50. The largest absolute Gasteiger partial charge is 0.494 e. The number of nitro benzene ring substituents is 1. The molecule has 2 aliphatic rings. The molecule has 0 amide bonds. The Morgan fingerprint density at radius 2 is 2.32 bits per heavy atom. The first-order valence-electron chi connectivity index (χ1n) is 7.14. The molecule has 0 unspecified atom stereocenters. The molecule has 7 heteroatoms. The van der Waals surface area contributed by atoms with Crippen molar-refractivity contribution in [2.45, 2.75) is 25.3 Å².